The van der Waals surface area contributed by atoms with Gasteiger partial charge in [-0.05, 0) is 30.6 Å². The van der Waals surface area contributed by atoms with E-state index in [1.54, 1.807) is 0 Å². The van der Waals surface area contributed by atoms with E-state index in [1.807, 2.05) is 0 Å². The first-order chi connectivity index (χ1) is 5.85. The molecule has 1 heteroatoms. The maximum absolute atomic E-state index is 4.50. The zero-order valence-corrected chi connectivity index (χ0v) is 7.59. The molecule has 0 fully saturated rings. The van der Waals surface area contributed by atoms with E-state index >= 15 is 0 Å². The third-order valence-corrected chi connectivity index (χ3v) is 2.38. The molecule has 62 valence electrons. The van der Waals surface area contributed by atoms with Gasteiger partial charge in [0.1, 0.15) is 0 Å². The third-order valence-electron chi connectivity index (χ3n) is 2.38. The van der Waals surface area contributed by atoms with Gasteiger partial charge < -0.3 is 0 Å². The van der Waals surface area contributed by atoms with Crippen LogP contribution in [0.25, 0.3) is 0 Å². The Morgan fingerprint density at radius 3 is 2.67 bits per heavy atom. The first-order valence-electron chi connectivity index (χ1n) is 4.56. The minimum Gasteiger partial charge on any atom is -0.253 e. The van der Waals surface area contributed by atoms with Crippen molar-refractivity contribution in [1.29, 1.82) is 0 Å². The van der Waals surface area contributed by atoms with Gasteiger partial charge in [-0.1, -0.05) is 19.9 Å². The molecule has 2 aliphatic rings. The Morgan fingerprint density at radius 1 is 1.17 bits per heavy atom. The van der Waals surface area contributed by atoms with E-state index in [9.17, 15) is 0 Å². The van der Waals surface area contributed by atoms with E-state index in [-0.39, 0.29) is 0 Å². The Balaban J connectivity index is 2.40. The number of aliphatic imine (C=N–C) groups is 1. The number of hydrogen-bond acceptors (Lipinski definition) is 1. The van der Waals surface area contributed by atoms with Gasteiger partial charge in [-0.2, -0.15) is 0 Å². The molecular formula is C11H13N. The fraction of sp³-hybridized carbons (Fsp3) is 0.364. The summed E-state index contributed by atoms with van der Waals surface area (Å²) in [5, 5.41) is 0. The van der Waals surface area contributed by atoms with Crippen LogP contribution < -0.4 is 0 Å². The van der Waals surface area contributed by atoms with E-state index in [4.69, 9.17) is 0 Å². The molecule has 12 heavy (non-hydrogen) atoms. The average molecular weight is 159 g/mol. The van der Waals surface area contributed by atoms with Crippen molar-refractivity contribution in [2.75, 3.05) is 0 Å². The summed E-state index contributed by atoms with van der Waals surface area (Å²) in [7, 11) is 0. The molecule has 0 aromatic heterocycles. The van der Waals surface area contributed by atoms with E-state index in [1.165, 1.54) is 22.6 Å². The molecule has 1 nitrogen and oxygen atoms in total. The summed E-state index contributed by atoms with van der Waals surface area (Å²) in [6.07, 6.45) is 8.66. The topological polar surface area (TPSA) is 12.4 Å². The highest BCUT2D eigenvalue weighted by Gasteiger charge is 2.17. The molecule has 1 aliphatic heterocycles. The van der Waals surface area contributed by atoms with Gasteiger partial charge in [-0.3, -0.25) is 4.99 Å². The monoisotopic (exact) mass is 159 g/mol. The number of fused-ring (bicyclic) bond motifs is 1. The van der Waals surface area contributed by atoms with Gasteiger partial charge in [0.15, 0.2) is 0 Å². The molecule has 2 rings (SSSR count). The standard InChI is InChI=1S/C11H13N/c1-3-8-5-6-11-10(8)7-9(4-2)12-11/h5-7H,3-4H2,1-2H3. The second-order valence-corrected chi connectivity index (χ2v) is 3.11. The Labute approximate surface area is 73.2 Å². The molecule has 0 N–H and O–H groups in total. The van der Waals surface area contributed by atoms with Crippen molar-refractivity contribution in [3.63, 3.8) is 0 Å². The lowest BCUT2D eigenvalue weighted by Crippen LogP contribution is -1.87. The summed E-state index contributed by atoms with van der Waals surface area (Å²) in [4.78, 5) is 4.50. The van der Waals surface area contributed by atoms with Gasteiger partial charge in [0.05, 0.1) is 5.71 Å². The Bertz CT molecular complexity index is 327. The number of rotatable bonds is 2. The van der Waals surface area contributed by atoms with Crippen LogP contribution in [0, 0.1) is 0 Å². The molecule has 0 amide bonds. The lowest BCUT2D eigenvalue weighted by molar-refractivity contribution is 1.08. The highest BCUT2D eigenvalue weighted by Crippen LogP contribution is 2.28. The van der Waals surface area contributed by atoms with Gasteiger partial charge in [-0.25, -0.2) is 0 Å². The van der Waals surface area contributed by atoms with Gasteiger partial charge in [0, 0.05) is 11.3 Å². The van der Waals surface area contributed by atoms with Crippen LogP contribution in [0.2, 0.25) is 0 Å². The molecule has 0 radical (unpaired) electrons. The van der Waals surface area contributed by atoms with Gasteiger partial charge >= 0.3 is 0 Å². The van der Waals surface area contributed by atoms with Crippen LogP contribution in [0.4, 0.5) is 0 Å². The molecule has 0 atom stereocenters. The Hall–Kier alpha value is -1.11. The largest absolute Gasteiger partial charge is 0.253 e. The summed E-state index contributed by atoms with van der Waals surface area (Å²) in [6.45, 7) is 4.33. The van der Waals surface area contributed by atoms with Crippen molar-refractivity contribution in [3.05, 3.63) is 35.1 Å². The zero-order valence-electron chi connectivity index (χ0n) is 7.59. The van der Waals surface area contributed by atoms with Crippen LogP contribution in [0.3, 0.4) is 0 Å². The predicted molar refractivity (Wildman–Crippen MR) is 52.3 cm³/mol. The number of allylic oxidation sites excluding steroid dienone is 6. The first kappa shape index (κ1) is 7.53. The second-order valence-electron chi connectivity index (χ2n) is 3.11. The lowest BCUT2D eigenvalue weighted by atomic mass is 10.1. The highest BCUT2D eigenvalue weighted by molar-refractivity contribution is 6.16. The third kappa shape index (κ3) is 0.970. The molecule has 0 unspecified atom stereocenters. The maximum atomic E-state index is 4.50. The predicted octanol–water partition coefficient (Wildman–Crippen LogP) is 3.01. The fourth-order valence-corrected chi connectivity index (χ4v) is 1.63. The van der Waals surface area contributed by atoms with Crippen LogP contribution in [0.15, 0.2) is 40.1 Å². The molecule has 0 bridgehead atoms. The van der Waals surface area contributed by atoms with E-state index in [0.29, 0.717) is 0 Å². The Kier molecular flexibility index (Phi) is 1.72. The molecule has 0 spiro atoms. The summed E-state index contributed by atoms with van der Waals surface area (Å²) < 4.78 is 0. The molecule has 1 aliphatic carbocycles. The molecule has 0 aromatic carbocycles. The van der Waals surface area contributed by atoms with Crippen LogP contribution in [0.1, 0.15) is 26.7 Å². The minimum atomic E-state index is 1.04. The lowest BCUT2D eigenvalue weighted by Gasteiger charge is -1.94. The van der Waals surface area contributed by atoms with Gasteiger partial charge in [0.25, 0.3) is 0 Å². The maximum Gasteiger partial charge on any atom is 0.0708 e. The summed E-state index contributed by atoms with van der Waals surface area (Å²) >= 11 is 0. The normalized spacial score (nSPS) is 19.8. The molecule has 1 heterocycles. The smallest absolute Gasteiger partial charge is 0.0708 e. The summed E-state index contributed by atoms with van der Waals surface area (Å²) in [5.74, 6) is 0. The van der Waals surface area contributed by atoms with Crippen LogP contribution in [-0.4, -0.2) is 5.71 Å². The van der Waals surface area contributed by atoms with Crippen molar-refractivity contribution < 1.29 is 0 Å². The van der Waals surface area contributed by atoms with Crippen molar-refractivity contribution in [3.8, 4) is 0 Å². The molecule has 0 aromatic rings. The summed E-state index contributed by atoms with van der Waals surface area (Å²) in [5.41, 5.74) is 5.17. The summed E-state index contributed by atoms with van der Waals surface area (Å²) in [6, 6.07) is 0. The SMILES string of the molecule is CCC1=CC2=C(CC)C=CC2=N1. The molecule has 0 saturated carbocycles. The zero-order chi connectivity index (χ0) is 8.55. The van der Waals surface area contributed by atoms with E-state index in [0.717, 1.165) is 12.8 Å². The highest BCUT2D eigenvalue weighted by atomic mass is 14.8. The fourth-order valence-electron chi connectivity index (χ4n) is 1.63. The van der Waals surface area contributed by atoms with Crippen molar-refractivity contribution in [2.45, 2.75) is 26.7 Å². The number of hydrogen-bond donors (Lipinski definition) is 0. The number of nitrogens with zero attached hydrogens (tertiary/aromatic N) is 1. The average Bonchev–Trinajstić information content (AvgIpc) is 2.61. The minimum absolute atomic E-state index is 1.04. The molecule has 0 saturated heterocycles. The van der Waals surface area contributed by atoms with Crippen molar-refractivity contribution >= 4 is 5.71 Å². The van der Waals surface area contributed by atoms with E-state index in [2.05, 4.69) is 37.1 Å². The van der Waals surface area contributed by atoms with Crippen LogP contribution in [-0.2, 0) is 0 Å². The Morgan fingerprint density at radius 2 is 2.00 bits per heavy atom. The van der Waals surface area contributed by atoms with Crippen LogP contribution >= 0.6 is 0 Å². The van der Waals surface area contributed by atoms with Crippen molar-refractivity contribution in [2.24, 2.45) is 4.99 Å². The van der Waals surface area contributed by atoms with Gasteiger partial charge in [-0.15, -0.1) is 0 Å². The quantitative estimate of drug-likeness (QED) is 0.587. The van der Waals surface area contributed by atoms with Crippen LogP contribution in [0.5, 0.6) is 0 Å². The first-order valence-corrected chi connectivity index (χ1v) is 4.56. The molecular weight excluding hydrogens is 146 g/mol. The van der Waals surface area contributed by atoms with Crippen molar-refractivity contribution in [1.82, 2.24) is 0 Å². The second kappa shape index (κ2) is 2.74. The van der Waals surface area contributed by atoms with E-state index < -0.39 is 0 Å². The van der Waals surface area contributed by atoms with Gasteiger partial charge in [0.2, 0.25) is 0 Å².